The molecule has 0 atom stereocenters. The summed E-state index contributed by atoms with van der Waals surface area (Å²) >= 11 is 6.16. The molecule has 126 valence electrons. The highest BCUT2D eigenvalue weighted by atomic mass is 35.5. The number of furan rings is 1. The highest BCUT2D eigenvalue weighted by Gasteiger charge is 2.13. The topological polar surface area (TPSA) is 84.2 Å². The van der Waals surface area contributed by atoms with E-state index in [9.17, 15) is 9.59 Å². The smallest absolute Gasteiger partial charge is 0.291 e. The van der Waals surface area contributed by atoms with Gasteiger partial charge in [0.2, 0.25) is 0 Å². The first-order valence-electron chi connectivity index (χ1n) is 7.46. The zero-order valence-corrected chi connectivity index (χ0v) is 13.8. The van der Waals surface area contributed by atoms with Crippen LogP contribution in [0.3, 0.4) is 0 Å². The van der Waals surface area contributed by atoms with Gasteiger partial charge in [-0.25, -0.2) is 0 Å². The summed E-state index contributed by atoms with van der Waals surface area (Å²) in [5, 5.41) is 5.63. The van der Waals surface area contributed by atoms with E-state index in [1.165, 1.54) is 12.3 Å². The molecule has 2 N–H and O–H groups in total. The van der Waals surface area contributed by atoms with Gasteiger partial charge in [-0.05, 0) is 42.5 Å². The number of rotatable bonds is 5. The summed E-state index contributed by atoms with van der Waals surface area (Å²) in [7, 11) is 0. The van der Waals surface area contributed by atoms with Crippen LogP contribution in [0.25, 0.3) is 0 Å². The zero-order chi connectivity index (χ0) is 17.6. The lowest BCUT2D eigenvalue weighted by Crippen LogP contribution is -2.23. The molecule has 0 bridgehead atoms. The van der Waals surface area contributed by atoms with Crippen molar-refractivity contribution in [3.63, 3.8) is 0 Å². The fourth-order valence-corrected chi connectivity index (χ4v) is 2.41. The Labute approximate surface area is 148 Å². The Morgan fingerprint density at radius 1 is 1.08 bits per heavy atom. The Hall–Kier alpha value is -3.12. The van der Waals surface area contributed by atoms with Gasteiger partial charge in [0.25, 0.3) is 11.8 Å². The lowest BCUT2D eigenvalue weighted by atomic mass is 10.2. The summed E-state index contributed by atoms with van der Waals surface area (Å²) in [5.41, 5.74) is 1.52. The lowest BCUT2D eigenvalue weighted by Gasteiger charge is -2.09. The van der Waals surface area contributed by atoms with E-state index in [4.69, 9.17) is 16.0 Å². The minimum absolute atomic E-state index is 0.188. The van der Waals surface area contributed by atoms with Crippen LogP contribution in [0.4, 0.5) is 5.69 Å². The van der Waals surface area contributed by atoms with Crippen LogP contribution in [0.2, 0.25) is 5.02 Å². The maximum absolute atomic E-state index is 12.2. The second-order valence-corrected chi connectivity index (χ2v) is 5.54. The highest BCUT2D eigenvalue weighted by Crippen LogP contribution is 2.21. The molecule has 25 heavy (non-hydrogen) atoms. The monoisotopic (exact) mass is 355 g/mol. The van der Waals surface area contributed by atoms with Crippen LogP contribution in [0.15, 0.2) is 65.4 Å². The SMILES string of the molecule is O=C(Nc1ccc(C(=O)NCc2ccccn2)c(Cl)c1)c1ccco1. The summed E-state index contributed by atoms with van der Waals surface area (Å²) in [6.45, 7) is 0.299. The summed E-state index contributed by atoms with van der Waals surface area (Å²) in [6.07, 6.45) is 3.07. The molecule has 0 unspecified atom stereocenters. The Bertz CT molecular complexity index is 880. The van der Waals surface area contributed by atoms with Gasteiger partial charge in [-0.15, -0.1) is 0 Å². The second-order valence-electron chi connectivity index (χ2n) is 5.13. The van der Waals surface area contributed by atoms with Crippen LogP contribution in [0.1, 0.15) is 26.6 Å². The van der Waals surface area contributed by atoms with Gasteiger partial charge >= 0.3 is 0 Å². The molecule has 1 aromatic carbocycles. The van der Waals surface area contributed by atoms with Gasteiger partial charge < -0.3 is 15.1 Å². The summed E-state index contributed by atoms with van der Waals surface area (Å²) in [4.78, 5) is 28.3. The van der Waals surface area contributed by atoms with E-state index < -0.39 is 5.91 Å². The number of amides is 2. The van der Waals surface area contributed by atoms with E-state index in [1.807, 2.05) is 12.1 Å². The maximum atomic E-state index is 12.2. The van der Waals surface area contributed by atoms with Crippen LogP contribution >= 0.6 is 11.6 Å². The number of halogens is 1. The lowest BCUT2D eigenvalue weighted by molar-refractivity contribution is 0.0949. The third-order valence-electron chi connectivity index (χ3n) is 3.37. The average molecular weight is 356 g/mol. The third-order valence-corrected chi connectivity index (χ3v) is 3.69. The molecular weight excluding hydrogens is 342 g/mol. The van der Waals surface area contributed by atoms with Crippen molar-refractivity contribution in [2.75, 3.05) is 5.32 Å². The van der Waals surface area contributed by atoms with Gasteiger partial charge in [-0.2, -0.15) is 0 Å². The fourth-order valence-electron chi connectivity index (χ4n) is 2.15. The molecule has 2 amide bonds. The van der Waals surface area contributed by atoms with E-state index in [1.54, 1.807) is 36.5 Å². The molecule has 0 radical (unpaired) electrons. The predicted molar refractivity (Wildman–Crippen MR) is 93.5 cm³/mol. The first-order chi connectivity index (χ1) is 12.1. The molecule has 0 fully saturated rings. The molecule has 2 aromatic heterocycles. The average Bonchev–Trinajstić information content (AvgIpc) is 3.15. The van der Waals surface area contributed by atoms with Crippen molar-refractivity contribution < 1.29 is 14.0 Å². The summed E-state index contributed by atoms with van der Waals surface area (Å²) < 4.78 is 5.02. The number of hydrogen-bond acceptors (Lipinski definition) is 4. The molecule has 0 aliphatic rings. The molecule has 7 heteroatoms. The molecular formula is C18H14ClN3O3. The Balaban J connectivity index is 1.65. The molecule has 0 saturated carbocycles. The molecule has 0 saturated heterocycles. The molecule has 0 spiro atoms. The van der Waals surface area contributed by atoms with Crippen LogP contribution in [0, 0.1) is 0 Å². The second kappa shape index (κ2) is 7.63. The van der Waals surface area contributed by atoms with Crippen LogP contribution in [-0.4, -0.2) is 16.8 Å². The van der Waals surface area contributed by atoms with Gasteiger partial charge in [-0.1, -0.05) is 17.7 Å². The predicted octanol–water partition coefficient (Wildman–Crippen LogP) is 3.51. The van der Waals surface area contributed by atoms with Crippen molar-refractivity contribution in [3.8, 4) is 0 Å². The Morgan fingerprint density at radius 3 is 2.64 bits per heavy atom. The number of hydrogen-bond donors (Lipinski definition) is 2. The van der Waals surface area contributed by atoms with E-state index in [0.29, 0.717) is 17.8 Å². The van der Waals surface area contributed by atoms with E-state index >= 15 is 0 Å². The number of carbonyl (C=O) groups excluding carboxylic acids is 2. The summed E-state index contributed by atoms with van der Waals surface area (Å²) in [6, 6.07) is 13.3. The number of benzene rings is 1. The third kappa shape index (κ3) is 4.24. The molecule has 0 aliphatic heterocycles. The normalized spacial score (nSPS) is 10.3. The minimum atomic E-state index is -0.395. The molecule has 0 aliphatic carbocycles. The van der Waals surface area contributed by atoms with E-state index in [2.05, 4.69) is 15.6 Å². The summed E-state index contributed by atoms with van der Waals surface area (Å²) in [5.74, 6) is -0.527. The number of nitrogens with one attached hydrogen (secondary N) is 2. The van der Waals surface area contributed by atoms with Crippen molar-refractivity contribution in [2.45, 2.75) is 6.54 Å². The van der Waals surface area contributed by atoms with E-state index in [0.717, 1.165) is 5.69 Å². The van der Waals surface area contributed by atoms with E-state index in [-0.39, 0.29) is 16.7 Å². The number of carbonyl (C=O) groups is 2. The first-order valence-corrected chi connectivity index (χ1v) is 7.84. The Morgan fingerprint density at radius 2 is 1.96 bits per heavy atom. The van der Waals surface area contributed by atoms with Crippen molar-refractivity contribution >= 4 is 29.1 Å². The van der Waals surface area contributed by atoms with Crippen molar-refractivity contribution in [3.05, 3.63) is 83.0 Å². The van der Waals surface area contributed by atoms with Gasteiger partial charge in [0.15, 0.2) is 5.76 Å². The van der Waals surface area contributed by atoms with Crippen LogP contribution < -0.4 is 10.6 Å². The maximum Gasteiger partial charge on any atom is 0.291 e. The van der Waals surface area contributed by atoms with Gasteiger partial charge in [0.1, 0.15) is 0 Å². The van der Waals surface area contributed by atoms with Gasteiger partial charge in [0, 0.05) is 11.9 Å². The number of nitrogens with zero attached hydrogens (tertiary/aromatic N) is 1. The number of pyridine rings is 1. The van der Waals surface area contributed by atoms with Gasteiger partial charge in [0.05, 0.1) is 29.1 Å². The van der Waals surface area contributed by atoms with Gasteiger partial charge in [-0.3, -0.25) is 14.6 Å². The van der Waals surface area contributed by atoms with Crippen molar-refractivity contribution in [1.29, 1.82) is 0 Å². The van der Waals surface area contributed by atoms with Crippen molar-refractivity contribution in [2.24, 2.45) is 0 Å². The molecule has 3 aromatic rings. The fraction of sp³-hybridized carbons (Fsp3) is 0.0556. The molecule has 2 heterocycles. The molecule has 6 nitrogen and oxygen atoms in total. The Kier molecular flexibility index (Phi) is 5.11. The zero-order valence-electron chi connectivity index (χ0n) is 13.0. The largest absolute Gasteiger partial charge is 0.459 e. The minimum Gasteiger partial charge on any atom is -0.459 e. The standard InChI is InChI=1S/C18H14ClN3O3/c19-15-10-12(22-18(24)16-5-3-9-25-16)6-7-14(15)17(23)21-11-13-4-1-2-8-20-13/h1-10H,11H2,(H,21,23)(H,22,24). The van der Waals surface area contributed by atoms with Crippen molar-refractivity contribution in [1.82, 2.24) is 10.3 Å². The molecule has 3 rings (SSSR count). The van der Waals surface area contributed by atoms with Crippen LogP contribution in [0.5, 0.6) is 0 Å². The number of anilines is 1. The first kappa shape index (κ1) is 16.7. The highest BCUT2D eigenvalue weighted by molar-refractivity contribution is 6.34. The number of aromatic nitrogens is 1. The quantitative estimate of drug-likeness (QED) is 0.733. The van der Waals surface area contributed by atoms with Crippen LogP contribution in [-0.2, 0) is 6.54 Å².